The predicted octanol–water partition coefficient (Wildman–Crippen LogP) is 4.17. The maximum absolute atomic E-state index is 11.7. The van der Waals surface area contributed by atoms with Crippen LogP contribution in [-0.2, 0) is 0 Å². The highest BCUT2D eigenvalue weighted by Crippen LogP contribution is 2.14. The first-order valence-corrected chi connectivity index (χ1v) is 5.77. The van der Waals surface area contributed by atoms with Crippen molar-refractivity contribution >= 4 is 29.0 Å². The topological polar surface area (TPSA) is 41.1 Å². The van der Waals surface area contributed by atoms with Gasteiger partial charge in [0.05, 0.1) is 0 Å². The van der Waals surface area contributed by atoms with E-state index < -0.39 is 0 Å². The van der Waals surface area contributed by atoms with Gasteiger partial charge in [-0.05, 0) is 48.9 Å². The van der Waals surface area contributed by atoms with Crippen molar-refractivity contribution in [1.29, 1.82) is 0 Å². The summed E-state index contributed by atoms with van der Waals surface area (Å²) in [5, 5.41) is 6.06. The Balaban J connectivity index is 1.96. The van der Waals surface area contributed by atoms with E-state index in [0.29, 0.717) is 16.4 Å². The summed E-state index contributed by atoms with van der Waals surface area (Å²) < 4.78 is 0. The smallest absolute Gasteiger partial charge is 0.308 e. The van der Waals surface area contributed by atoms with E-state index in [9.17, 15) is 4.79 Å². The van der Waals surface area contributed by atoms with Crippen molar-refractivity contribution < 1.29 is 4.79 Å². The summed E-state index contributed by atoms with van der Waals surface area (Å²) >= 11 is 5.76. The number of carbonyl (C=O) groups excluding carboxylic acids is 1. The van der Waals surface area contributed by atoms with Gasteiger partial charge in [-0.1, -0.05) is 23.7 Å². The van der Waals surface area contributed by atoms with Gasteiger partial charge < -0.3 is 10.6 Å². The Hall–Kier alpha value is -2.00. The lowest BCUT2D eigenvalue weighted by molar-refractivity contribution is 0.262. The first kappa shape index (κ1) is 12.5. The molecule has 0 aliphatic rings. The molecule has 0 atom stereocenters. The van der Waals surface area contributed by atoms with Crippen molar-refractivity contribution in [1.82, 2.24) is 0 Å². The van der Waals surface area contributed by atoms with Crippen molar-refractivity contribution in [3.8, 4) is 0 Å². The second-order valence-electron chi connectivity index (χ2n) is 3.78. The molecule has 3 nitrogen and oxygen atoms in total. The van der Waals surface area contributed by atoms with Crippen LogP contribution in [0.25, 0.3) is 0 Å². The summed E-state index contributed by atoms with van der Waals surface area (Å²) in [5.74, 6) is 0. The Morgan fingerprint density at radius 3 is 1.83 bits per heavy atom. The van der Waals surface area contributed by atoms with Crippen LogP contribution in [-0.4, -0.2) is 6.03 Å². The zero-order valence-corrected chi connectivity index (χ0v) is 10.4. The highest BCUT2D eigenvalue weighted by molar-refractivity contribution is 6.30. The number of anilines is 2. The van der Waals surface area contributed by atoms with Gasteiger partial charge in [-0.3, -0.25) is 0 Å². The summed E-state index contributed by atoms with van der Waals surface area (Å²) in [4.78, 5) is 11.7. The fourth-order valence-corrected chi connectivity index (χ4v) is 1.54. The molecule has 0 saturated heterocycles. The van der Waals surface area contributed by atoms with Crippen molar-refractivity contribution in [3.05, 3.63) is 66.0 Å². The average molecular weight is 260 g/mol. The minimum Gasteiger partial charge on any atom is -0.308 e. The summed E-state index contributed by atoms with van der Waals surface area (Å²) in [6.07, 6.45) is 0. The van der Waals surface area contributed by atoms with Gasteiger partial charge in [-0.2, -0.15) is 0 Å². The van der Waals surface area contributed by atoms with Gasteiger partial charge in [0.25, 0.3) is 0 Å². The first-order valence-electron chi connectivity index (χ1n) is 5.39. The predicted molar refractivity (Wildman–Crippen MR) is 75.0 cm³/mol. The maximum atomic E-state index is 11.7. The molecule has 2 amide bonds. The van der Waals surface area contributed by atoms with E-state index in [-0.39, 0.29) is 6.03 Å². The molecule has 0 bridgehead atoms. The summed E-state index contributed by atoms with van der Waals surface area (Å²) in [5.41, 5.74) is 2.30. The highest BCUT2D eigenvalue weighted by Gasteiger charge is 2.02. The Labute approximate surface area is 111 Å². The lowest BCUT2D eigenvalue weighted by Gasteiger charge is -2.07. The van der Waals surface area contributed by atoms with Gasteiger partial charge in [0.2, 0.25) is 0 Å². The molecule has 0 fully saturated rings. The van der Waals surface area contributed by atoms with Crippen LogP contribution in [0.3, 0.4) is 0 Å². The number of hydrogen-bond acceptors (Lipinski definition) is 1. The molecule has 2 rings (SSSR count). The Morgan fingerprint density at radius 1 is 0.889 bits per heavy atom. The summed E-state index contributed by atoms with van der Waals surface area (Å²) in [6, 6.07) is 13.9. The molecular formula is C14H12ClN2O. The van der Waals surface area contributed by atoms with Gasteiger partial charge in [0.1, 0.15) is 0 Å². The molecule has 0 aliphatic carbocycles. The monoisotopic (exact) mass is 259 g/mol. The molecule has 18 heavy (non-hydrogen) atoms. The number of rotatable bonds is 2. The van der Waals surface area contributed by atoms with Crippen LogP contribution in [0.5, 0.6) is 0 Å². The molecule has 0 aromatic heterocycles. The normalized spacial score (nSPS) is 9.89. The van der Waals surface area contributed by atoms with Gasteiger partial charge >= 0.3 is 6.03 Å². The van der Waals surface area contributed by atoms with E-state index in [0.717, 1.165) is 5.56 Å². The molecule has 2 N–H and O–H groups in total. The third-order valence-electron chi connectivity index (χ3n) is 2.31. The fraction of sp³-hybridized carbons (Fsp3) is 0. The maximum Gasteiger partial charge on any atom is 0.323 e. The molecule has 2 aromatic carbocycles. The van der Waals surface area contributed by atoms with E-state index in [1.807, 2.05) is 12.1 Å². The zero-order valence-electron chi connectivity index (χ0n) is 9.61. The van der Waals surface area contributed by atoms with Gasteiger partial charge in [0, 0.05) is 16.4 Å². The molecule has 0 unspecified atom stereocenters. The summed E-state index contributed by atoms with van der Waals surface area (Å²) in [6.45, 7) is 3.78. The number of hydrogen-bond donors (Lipinski definition) is 2. The third-order valence-corrected chi connectivity index (χ3v) is 2.57. The van der Waals surface area contributed by atoms with E-state index in [1.54, 1.807) is 36.4 Å². The Kier molecular flexibility index (Phi) is 3.85. The van der Waals surface area contributed by atoms with Crippen LogP contribution in [0.15, 0.2) is 48.5 Å². The van der Waals surface area contributed by atoms with Gasteiger partial charge in [0.15, 0.2) is 0 Å². The fourth-order valence-electron chi connectivity index (χ4n) is 1.41. The van der Waals surface area contributed by atoms with Crippen LogP contribution in [0, 0.1) is 6.92 Å². The van der Waals surface area contributed by atoms with Crippen LogP contribution in [0.4, 0.5) is 16.2 Å². The number of amides is 2. The van der Waals surface area contributed by atoms with Crippen molar-refractivity contribution in [2.45, 2.75) is 0 Å². The van der Waals surface area contributed by atoms with Crippen LogP contribution in [0.1, 0.15) is 5.56 Å². The van der Waals surface area contributed by atoms with Crippen molar-refractivity contribution in [2.24, 2.45) is 0 Å². The number of urea groups is 1. The molecular weight excluding hydrogens is 248 g/mol. The van der Waals surface area contributed by atoms with Crippen molar-refractivity contribution in [2.75, 3.05) is 10.6 Å². The van der Waals surface area contributed by atoms with E-state index in [4.69, 9.17) is 11.6 Å². The first-order chi connectivity index (χ1) is 8.63. The van der Waals surface area contributed by atoms with Crippen LogP contribution >= 0.6 is 11.6 Å². The SMILES string of the molecule is [CH2]c1ccc(NC(=O)Nc2ccc(Cl)cc2)cc1. The standard InChI is InChI=1S/C14H12ClN2O/c1-10-2-6-12(7-3-10)16-14(18)17-13-8-4-11(15)5-9-13/h2-9H,1H2,(H2,16,17,18). The molecule has 0 aliphatic heterocycles. The number of carbonyl (C=O) groups is 1. The van der Waals surface area contributed by atoms with Crippen LogP contribution < -0.4 is 10.6 Å². The third kappa shape index (κ3) is 3.50. The minimum atomic E-state index is -0.297. The van der Waals surface area contributed by atoms with E-state index in [1.165, 1.54) is 0 Å². The lowest BCUT2D eigenvalue weighted by Crippen LogP contribution is -2.19. The van der Waals surface area contributed by atoms with E-state index >= 15 is 0 Å². The number of halogens is 1. The molecule has 0 spiro atoms. The molecule has 0 saturated carbocycles. The Morgan fingerprint density at radius 2 is 1.33 bits per heavy atom. The van der Waals surface area contributed by atoms with Gasteiger partial charge in [-0.25, -0.2) is 4.79 Å². The van der Waals surface area contributed by atoms with E-state index in [2.05, 4.69) is 17.6 Å². The quantitative estimate of drug-likeness (QED) is 0.835. The second kappa shape index (κ2) is 5.56. The highest BCUT2D eigenvalue weighted by atomic mass is 35.5. The molecule has 1 radical (unpaired) electrons. The second-order valence-corrected chi connectivity index (χ2v) is 4.22. The number of benzene rings is 2. The molecule has 91 valence electrons. The zero-order chi connectivity index (χ0) is 13.0. The largest absolute Gasteiger partial charge is 0.323 e. The number of nitrogens with one attached hydrogen (secondary N) is 2. The van der Waals surface area contributed by atoms with Crippen LogP contribution in [0.2, 0.25) is 5.02 Å². The molecule has 0 heterocycles. The molecule has 2 aromatic rings. The van der Waals surface area contributed by atoms with Gasteiger partial charge in [-0.15, -0.1) is 0 Å². The molecule has 4 heteroatoms. The van der Waals surface area contributed by atoms with Crippen molar-refractivity contribution in [3.63, 3.8) is 0 Å². The lowest BCUT2D eigenvalue weighted by atomic mass is 10.2. The summed E-state index contributed by atoms with van der Waals surface area (Å²) in [7, 11) is 0. The average Bonchev–Trinajstić information content (AvgIpc) is 2.35. The minimum absolute atomic E-state index is 0.297. The Bertz CT molecular complexity index is 485.